The van der Waals surface area contributed by atoms with Crippen LogP contribution in [0, 0.1) is 0 Å². The third-order valence-corrected chi connectivity index (χ3v) is 3.56. The predicted octanol–water partition coefficient (Wildman–Crippen LogP) is 3.56. The number of benzene rings is 1. The molecule has 22 heavy (non-hydrogen) atoms. The highest BCUT2D eigenvalue weighted by Gasteiger charge is 2.18. The molecule has 1 aliphatic heterocycles. The average Bonchev–Trinajstić information content (AvgIpc) is 2.93. The minimum Gasteiger partial charge on any atom is -0.495 e. The first-order valence-electron chi connectivity index (χ1n) is 6.38. The second-order valence-corrected chi connectivity index (χ2v) is 5.41. The van der Waals surface area contributed by atoms with Gasteiger partial charge in [0.25, 0.3) is 0 Å². The first kappa shape index (κ1) is 14.7. The summed E-state index contributed by atoms with van der Waals surface area (Å²) in [6.07, 6.45) is 5.25. The fourth-order valence-electron chi connectivity index (χ4n) is 2.19. The van der Waals surface area contributed by atoms with E-state index in [0.29, 0.717) is 15.9 Å². The Morgan fingerprint density at radius 2 is 2.14 bits per heavy atom. The Labute approximate surface area is 137 Å². The second kappa shape index (κ2) is 5.87. The van der Waals surface area contributed by atoms with E-state index >= 15 is 0 Å². The Hall–Kier alpha value is -2.24. The van der Waals surface area contributed by atoms with E-state index in [1.54, 1.807) is 30.3 Å². The zero-order valence-electron chi connectivity index (χ0n) is 11.7. The van der Waals surface area contributed by atoms with Gasteiger partial charge in [-0.3, -0.25) is 0 Å². The fraction of sp³-hybridized carbons (Fsp3) is 0.0667. The number of ether oxygens (including phenoxy) is 1. The van der Waals surface area contributed by atoms with E-state index < -0.39 is 0 Å². The van der Waals surface area contributed by atoms with E-state index in [1.165, 1.54) is 0 Å². The summed E-state index contributed by atoms with van der Waals surface area (Å²) < 4.78 is 7.01. The topological polar surface area (TPSA) is 52.0 Å². The Kier molecular flexibility index (Phi) is 3.92. The normalized spacial score (nSPS) is 14.2. The van der Waals surface area contributed by atoms with E-state index in [4.69, 9.17) is 27.9 Å². The van der Waals surface area contributed by atoms with Crippen LogP contribution in [0.2, 0.25) is 10.2 Å². The van der Waals surface area contributed by atoms with Gasteiger partial charge in [0.05, 0.1) is 19.0 Å². The monoisotopic (exact) mass is 334 g/mol. The van der Waals surface area contributed by atoms with E-state index in [0.717, 1.165) is 22.5 Å². The van der Waals surface area contributed by atoms with Crippen LogP contribution in [0.3, 0.4) is 0 Å². The maximum Gasteiger partial charge on any atom is 0.171 e. The summed E-state index contributed by atoms with van der Waals surface area (Å²) in [5.41, 5.74) is 3.21. The number of nitrogens with one attached hydrogen (secondary N) is 1. The van der Waals surface area contributed by atoms with Crippen molar-refractivity contribution in [1.82, 2.24) is 20.3 Å². The van der Waals surface area contributed by atoms with Gasteiger partial charge in [-0.15, -0.1) is 5.10 Å². The molecule has 0 fully saturated rings. The van der Waals surface area contributed by atoms with Crippen LogP contribution < -0.4 is 5.32 Å². The first-order chi connectivity index (χ1) is 10.6. The summed E-state index contributed by atoms with van der Waals surface area (Å²) in [5, 5.41) is 11.7. The Bertz CT molecular complexity index is 808. The highest BCUT2D eigenvalue weighted by molar-refractivity contribution is 6.31. The molecule has 5 nitrogen and oxygen atoms in total. The number of allylic oxidation sites excluding steroid dienone is 2. The molecule has 1 aliphatic rings. The molecule has 1 aromatic heterocycles. The Morgan fingerprint density at radius 1 is 1.32 bits per heavy atom. The molecule has 0 unspecified atom stereocenters. The zero-order valence-corrected chi connectivity index (χ0v) is 13.2. The number of dihydropyridines is 1. The Balaban J connectivity index is 2.19. The third kappa shape index (κ3) is 2.73. The van der Waals surface area contributed by atoms with Crippen molar-refractivity contribution in [2.75, 3.05) is 7.11 Å². The molecule has 1 aromatic carbocycles. The largest absolute Gasteiger partial charge is 0.495 e. The van der Waals surface area contributed by atoms with Crippen molar-refractivity contribution >= 4 is 28.8 Å². The van der Waals surface area contributed by atoms with E-state index in [1.807, 2.05) is 18.2 Å². The maximum absolute atomic E-state index is 6.16. The first-order valence-corrected chi connectivity index (χ1v) is 7.14. The lowest BCUT2D eigenvalue weighted by molar-refractivity contribution is 0.308. The van der Waals surface area contributed by atoms with Crippen molar-refractivity contribution in [3.63, 3.8) is 0 Å². The SMILES string of the molecule is C=C1C=C(c2cc(Cl)ccc2-n2cc(Cl)nn2)C(OC)=CN1. The summed E-state index contributed by atoms with van der Waals surface area (Å²) in [6.45, 7) is 3.91. The quantitative estimate of drug-likeness (QED) is 0.932. The lowest BCUT2D eigenvalue weighted by Gasteiger charge is -2.19. The number of methoxy groups -OCH3 is 1. The summed E-state index contributed by atoms with van der Waals surface area (Å²) in [5.74, 6) is 0.669. The van der Waals surface area contributed by atoms with Gasteiger partial charge in [0, 0.05) is 28.1 Å². The van der Waals surface area contributed by atoms with Crippen LogP contribution in [0.1, 0.15) is 5.56 Å². The molecule has 0 atom stereocenters. The van der Waals surface area contributed by atoms with Gasteiger partial charge in [0.15, 0.2) is 5.15 Å². The van der Waals surface area contributed by atoms with Gasteiger partial charge in [-0.25, -0.2) is 4.68 Å². The molecule has 3 rings (SSSR count). The average molecular weight is 335 g/mol. The molecule has 7 heteroatoms. The van der Waals surface area contributed by atoms with Crippen molar-refractivity contribution in [2.24, 2.45) is 0 Å². The van der Waals surface area contributed by atoms with E-state index in [2.05, 4.69) is 22.2 Å². The van der Waals surface area contributed by atoms with Crippen molar-refractivity contribution in [3.05, 3.63) is 70.4 Å². The van der Waals surface area contributed by atoms with Crippen molar-refractivity contribution in [2.45, 2.75) is 0 Å². The number of halogens is 2. The van der Waals surface area contributed by atoms with Gasteiger partial charge in [-0.1, -0.05) is 35.0 Å². The number of rotatable bonds is 3. The van der Waals surface area contributed by atoms with Crippen LogP contribution in [0.25, 0.3) is 11.3 Å². The number of aromatic nitrogens is 3. The van der Waals surface area contributed by atoms with Crippen LogP contribution in [-0.2, 0) is 4.74 Å². The molecule has 0 amide bonds. The summed E-state index contributed by atoms with van der Waals surface area (Å²) in [6, 6.07) is 5.47. The Morgan fingerprint density at radius 3 is 2.82 bits per heavy atom. The van der Waals surface area contributed by atoms with Crippen LogP contribution >= 0.6 is 23.2 Å². The van der Waals surface area contributed by atoms with E-state index in [-0.39, 0.29) is 0 Å². The van der Waals surface area contributed by atoms with Crippen LogP contribution in [0.15, 0.2) is 54.7 Å². The van der Waals surface area contributed by atoms with Crippen molar-refractivity contribution in [1.29, 1.82) is 0 Å². The van der Waals surface area contributed by atoms with Gasteiger partial charge in [-0.05, 0) is 24.3 Å². The number of nitrogens with zero attached hydrogens (tertiary/aromatic N) is 3. The molecule has 1 N–H and O–H groups in total. The lowest BCUT2D eigenvalue weighted by Crippen LogP contribution is -2.12. The molecule has 0 bridgehead atoms. The van der Waals surface area contributed by atoms with Gasteiger partial charge in [0.2, 0.25) is 0 Å². The zero-order chi connectivity index (χ0) is 15.7. The molecule has 0 saturated carbocycles. The van der Waals surface area contributed by atoms with Crippen LogP contribution in [0.5, 0.6) is 0 Å². The summed E-state index contributed by atoms with van der Waals surface area (Å²) >= 11 is 12.0. The van der Waals surface area contributed by atoms with Crippen LogP contribution in [0.4, 0.5) is 0 Å². The molecular formula is C15H12Cl2N4O. The number of hydrogen-bond donors (Lipinski definition) is 1. The lowest BCUT2D eigenvalue weighted by atomic mass is 9.99. The van der Waals surface area contributed by atoms with Crippen LogP contribution in [-0.4, -0.2) is 22.1 Å². The maximum atomic E-state index is 6.16. The van der Waals surface area contributed by atoms with Crippen molar-refractivity contribution < 1.29 is 4.74 Å². The molecule has 112 valence electrons. The molecule has 2 aromatic rings. The van der Waals surface area contributed by atoms with Gasteiger partial charge < -0.3 is 10.1 Å². The smallest absolute Gasteiger partial charge is 0.171 e. The minimum atomic E-state index is 0.312. The van der Waals surface area contributed by atoms with Crippen molar-refractivity contribution in [3.8, 4) is 5.69 Å². The summed E-state index contributed by atoms with van der Waals surface area (Å²) in [4.78, 5) is 0. The van der Waals surface area contributed by atoms with E-state index in [9.17, 15) is 0 Å². The highest BCUT2D eigenvalue weighted by Crippen LogP contribution is 2.33. The fourth-order valence-corrected chi connectivity index (χ4v) is 2.49. The van der Waals surface area contributed by atoms with Gasteiger partial charge in [-0.2, -0.15) is 0 Å². The van der Waals surface area contributed by atoms with Gasteiger partial charge in [0.1, 0.15) is 5.76 Å². The predicted molar refractivity (Wildman–Crippen MR) is 86.7 cm³/mol. The van der Waals surface area contributed by atoms with Gasteiger partial charge >= 0.3 is 0 Å². The third-order valence-electron chi connectivity index (χ3n) is 3.15. The molecule has 0 radical (unpaired) electrons. The second-order valence-electron chi connectivity index (χ2n) is 4.59. The molecule has 0 saturated heterocycles. The molecule has 2 heterocycles. The highest BCUT2D eigenvalue weighted by atomic mass is 35.5. The number of hydrogen-bond acceptors (Lipinski definition) is 4. The molecule has 0 aliphatic carbocycles. The minimum absolute atomic E-state index is 0.312. The molecule has 0 spiro atoms. The molecular weight excluding hydrogens is 323 g/mol. The summed E-state index contributed by atoms with van der Waals surface area (Å²) in [7, 11) is 1.60. The standard InChI is InChI=1S/C15H12Cl2N4O/c1-9-5-12(14(22-2)7-18-9)11-6-10(16)3-4-13(11)21-8-15(17)19-20-21/h3-8,18H,1H2,2H3.